The van der Waals surface area contributed by atoms with Crippen molar-refractivity contribution in [2.75, 3.05) is 40.4 Å². The average molecular weight is 315 g/mol. The minimum atomic E-state index is -0.866. The first kappa shape index (κ1) is 17.8. The number of hydrogen-bond acceptors (Lipinski definition) is 4. The van der Waals surface area contributed by atoms with Gasteiger partial charge in [0.15, 0.2) is 0 Å². The zero-order chi connectivity index (χ0) is 16.0. The van der Waals surface area contributed by atoms with E-state index in [1.807, 2.05) is 6.92 Å². The van der Waals surface area contributed by atoms with Crippen LogP contribution in [0.15, 0.2) is 0 Å². The molecule has 0 atom stereocenters. The lowest BCUT2D eigenvalue weighted by molar-refractivity contribution is -0.147. The Morgan fingerprint density at radius 3 is 2.29 bits per heavy atom. The van der Waals surface area contributed by atoms with Crippen LogP contribution in [0.25, 0.3) is 0 Å². The monoisotopic (exact) mass is 315 g/mol. The number of hydrogen-bond donors (Lipinski definition) is 1. The van der Waals surface area contributed by atoms with Crippen LogP contribution in [0, 0.1) is 5.41 Å². The van der Waals surface area contributed by atoms with Crippen molar-refractivity contribution in [2.24, 2.45) is 11.1 Å². The molecule has 6 nitrogen and oxygen atoms in total. The third-order valence-corrected chi connectivity index (χ3v) is 4.22. The molecule has 1 aliphatic heterocycles. The molecule has 0 aliphatic carbocycles. The van der Waals surface area contributed by atoms with Gasteiger partial charge in [-0.25, -0.2) is 0 Å². The predicted molar refractivity (Wildman–Crippen MR) is 84.8 cm³/mol. The fourth-order valence-corrected chi connectivity index (χ4v) is 2.71. The lowest BCUT2D eigenvalue weighted by Crippen LogP contribution is -2.55. The lowest BCUT2D eigenvalue weighted by Gasteiger charge is -2.38. The molecule has 1 fully saturated rings. The summed E-state index contributed by atoms with van der Waals surface area (Å²) in [7, 11) is 3.35. The zero-order valence-corrected chi connectivity index (χ0v) is 13.9. The predicted octanol–water partition coefficient (Wildman–Crippen LogP) is 0.396. The molecule has 0 aromatic heterocycles. The normalized spacial score (nSPS) is 17.1. The quantitative estimate of drug-likeness (QED) is 0.718. The summed E-state index contributed by atoms with van der Waals surface area (Å²) >= 11 is 5.15. The first-order valence-corrected chi connectivity index (χ1v) is 7.63. The van der Waals surface area contributed by atoms with Crippen LogP contribution in [0.5, 0.6) is 0 Å². The fraction of sp³-hybridized carbons (Fsp3) is 0.786. The van der Waals surface area contributed by atoms with Crippen LogP contribution in [0.4, 0.5) is 0 Å². The third kappa shape index (κ3) is 4.14. The number of nitrogens with zero attached hydrogens (tertiary/aromatic N) is 2. The summed E-state index contributed by atoms with van der Waals surface area (Å²) < 4.78 is 5.32. The largest absolute Gasteiger partial charge is 0.392 e. The number of likely N-dealkylation sites (N-methyl/N-ethyl adjacent to an activating group) is 1. The fourth-order valence-electron chi connectivity index (χ4n) is 2.42. The zero-order valence-electron chi connectivity index (χ0n) is 13.1. The smallest absolute Gasteiger partial charge is 0.241 e. The number of amides is 2. The van der Waals surface area contributed by atoms with Crippen molar-refractivity contribution in [3.63, 3.8) is 0 Å². The van der Waals surface area contributed by atoms with E-state index in [0.717, 1.165) is 6.42 Å². The van der Waals surface area contributed by atoms with Gasteiger partial charge in [-0.05, 0) is 19.3 Å². The van der Waals surface area contributed by atoms with Gasteiger partial charge in [-0.15, -0.1) is 0 Å². The molecule has 2 N–H and O–H groups in total. The van der Waals surface area contributed by atoms with Crippen molar-refractivity contribution in [3.8, 4) is 0 Å². The maximum atomic E-state index is 12.9. The molecule has 0 radical (unpaired) electrons. The minimum absolute atomic E-state index is 0.0604. The Morgan fingerprint density at radius 2 is 1.86 bits per heavy atom. The molecule has 1 heterocycles. The molecule has 1 rings (SSSR count). The Labute approximate surface area is 131 Å². The number of rotatable bonds is 6. The van der Waals surface area contributed by atoms with E-state index in [1.165, 1.54) is 4.90 Å². The van der Waals surface area contributed by atoms with Crippen LogP contribution in [0.1, 0.15) is 26.2 Å². The van der Waals surface area contributed by atoms with Gasteiger partial charge in [0, 0.05) is 33.9 Å². The SMILES string of the molecule is CCCN(CC(=O)N(C)C)C(=O)C1(C(N)=S)CCOCC1. The maximum Gasteiger partial charge on any atom is 0.241 e. The van der Waals surface area contributed by atoms with Crippen molar-refractivity contribution >= 4 is 29.0 Å². The highest BCUT2D eigenvalue weighted by Crippen LogP contribution is 2.33. The molecule has 0 saturated carbocycles. The molecule has 7 heteroatoms. The molecular weight excluding hydrogens is 290 g/mol. The van der Waals surface area contributed by atoms with Gasteiger partial charge in [0.2, 0.25) is 11.8 Å². The molecule has 0 aromatic rings. The summed E-state index contributed by atoms with van der Waals surface area (Å²) in [5.41, 5.74) is 4.99. The van der Waals surface area contributed by atoms with Crippen molar-refractivity contribution in [3.05, 3.63) is 0 Å². The molecule has 1 saturated heterocycles. The Balaban J connectivity index is 2.96. The second-order valence-electron chi connectivity index (χ2n) is 5.57. The van der Waals surface area contributed by atoms with Gasteiger partial charge < -0.3 is 20.3 Å². The van der Waals surface area contributed by atoms with E-state index in [2.05, 4.69) is 0 Å². The van der Waals surface area contributed by atoms with Gasteiger partial charge in [-0.1, -0.05) is 19.1 Å². The molecule has 0 aromatic carbocycles. The van der Waals surface area contributed by atoms with E-state index in [4.69, 9.17) is 22.7 Å². The van der Waals surface area contributed by atoms with Gasteiger partial charge >= 0.3 is 0 Å². The van der Waals surface area contributed by atoms with E-state index >= 15 is 0 Å². The first-order valence-electron chi connectivity index (χ1n) is 7.22. The summed E-state index contributed by atoms with van der Waals surface area (Å²) in [5.74, 6) is -0.253. The maximum absolute atomic E-state index is 12.9. The van der Waals surface area contributed by atoms with E-state index in [-0.39, 0.29) is 23.3 Å². The lowest BCUT2D eigenvalue weighted by atomic mass is 9.78. The van der Waals surface area contributed by atoms with Crippen molar-refractivity contribution in [1.82, 2.24) is 9.80 Å². The van der Waals surface area contributed by atoms with Crippen molar-refractivity contribution in [1.29, 1.82) is 0 Å². The third-order valence-electron chi connectivity index (χ3n) is 3.83. The van der Waals surface area contributed by atoms with E-state index in [9.17, 15) is 9.59 Å². The van der Waals surface area contributed by atoms with E-state index < -0.39 is 5.41 Å². The number of carbonyl (C=O) groups excluding carboxylic acids is 2. The first-order chi connectivity index (χ1) is 9.85. The summed E-state index contributed by atoms with van der Waals surface area (Å²) in [6.07, 6.45) is 1.74. The molecule has 0 unspecified atom stereocenters. The summed E-state index contributed by atoms with van der Waals surface area (Å²) in [6, 6.07) is 0. The van der Waals surface area contributed by atoms with Crippen LogP contribution < -0.4 is 5.73 Å². The standard InChI is InChI=1S/C14H25N3O3S/c1-4-7-17(10-11(18)16(2)3)13(19)14(12(15)21)5-8-20-9-6-14/h4-10H2,1-3H3,(H2,15,21). The highest BCUT2D eigenvalue weighted by molar-refractivity contribution is 7.80. The highest BCUT2D eigenvalue weighted by Gasteiger charge is 2.45. The van der Waals surface area contributed by atoms with Gasteiger partial charge in [0.05, 0.1) is 11.5 Å². The number of nitrogens with two attached hydrogens (primary N) is 1. The molecular formula is C14H25N3O3S. The Morgan fingerprint density at radius 1 is 1.29 bits per heavy atom. The summed E-state index contributed by atoms with van der Waals surface area (Å²) in [4.78, 5) is 28.1. The molecule has 2 amide bonds. The Bertz CT molecular complexity index is 406. The number of thiocarbonyl (C=S) groups is 1. The Kier molecular flexibility index (Phi) is 6.54. The molecule has 0 spiro atoms. The summed E-state index contributed by atoms with van der Waals surface area (Å²) in [6.45, 7) is 3.47. The van der Waals surface area contributed by atoms with Gasteiger partial charge in [-0.2, -0.15) is 0 Å². The number of carbonyl (C=O) groups is 2. The second kappa shape index (κ2) is 7.70. The van der Waals surface area contributed by atoms with Crippen LogP contribution in [-0.4, -0.2) is 67.0 Å². The Hall–Kier alpha value is -1.21. The van der Waals surface area contributed by atoms with Crippen LogP contribution in [0.2, 0.25) is 0 Å². The molecule has 21 heavy (non-hydrogen) atoms. The molecule has 0 bridgehead atoms. The van der Waals surface area contributed by atoms with Gasteiger partial charge in [0.1, 0.15) is 5.41 Å². The topological polar surface area (TPSA) is 75.9 Å². The van der Waals surface area contributed by atoms with Crippen LogP contribution in [0.3, 0.4) is 0 Å². The molecule has 1 aliphatic rings. The second-order valence-corrected chi connectivity index (χ2v) is 6.01. The number of ether oxygens (including phenoxy) is 1. The van der Waals surface area contributed by atoms with Crippen LogP contribution in [-0.2, 0) is 14.3 Å². The minimum Gasteiger partial charge on any atom is -0.392 e. The van der Waals surface area contributed by atoms with E-state index in [1.54, 1.807) is 19.0 Å². The average Bonchev–Trinajstić information content (AvgIpc) is 2.46. The van der Waals surface area contributed by atoms with Crippen molar-refractivity contribution in [2.45, 2.75) is 26.2 Å². The summed E-state index contributed by atoms with van der Waals surface area (Å²) in [5, 5.41) is 0. The van der Waals surface area contributed by atoms with Crippen LogP contribution >= 0.6 is 12.2 Å². The van der Waals surface area contributed by atoms with Crippen molar-refractivity contribution < 1.29 is 14.3 Å². The van der Waals surface area contributed by atoms with Gasteiger partial charge in [0.25, 0.3) is 0 Å². The van der Waals surface area contributed by atoms with E-state index in [0.29, 0.717) is 32.6 Å². The highest BCUT2D eigenvalue weighted by atomic mass is 32.1. The molecule has 120 valence electrons. The van der Waals surface area contributed by atoms with Gasteiger partial charge in [-0.3, -0.25) is 9.59 Å².